The van der Waals surface area contributed by atoms with Crippen LogP contribution in [-0.4, -0.2) is 16.9 Å². The molecule has 3 aromatic carbocycles. The smallest absolute Gasteiger partial charge is 0.323 e. The van der Waals surface area contributed by atoms with Gasteiger partial charge in [0.2, 0.25) is 5.91 Å². The number of rotatable bonds is 5. The van der Waals surface area contributed by atoms with E-state index in [0.717, 1.165) is 6.92 Å². The fraction of sp³-hybridized carbons (Fsp3) is 0.0800. The third-order valence-corrected chi connectivity index (χ3v) is 5.55. The third-order valence-electron chi connectivity index (χ3n) is 5.10. The lowest BCUT2D eigenvalue weighted by atomic mass is 10.1. The lowest BCUT2D eigenvalue weighted by molar-refractivity contribution is -0.114. The Bertz CT molecular complexity index is 1470. The van der Waals surface area contributed by atoms with E-state index in [9.17, 15) is 22.8 Å². The maximum atomic E-state index is 14.3. The van der Waals surface area contributed by atoms with Gasteiger partial charge in [0.05, 0.1) is 16.2 Å². The molecule has 0 spiro atoms. The van der Waals surface area contributed by atoms with E-state index in [1.807, 2.05) is 5.32 Å². The number of fused-ring (bicyclic) bond motifs is 1. The Labute approximate surface area is 208 Å². The van der Waals surface area contributed by atoms with E-state index in [1.165, 1.54) is 19.1 Å². The first-order valence-corrected chi connectivity index (χ1v) is 10.9. The number of nitrogens with zero attached hydrogens (tertiary/aromatic N) is 1. The normalized spacial score (nSPS) is 10.7. The van der Waals surface area contributed by atoms with Crippen molar-refractivity contribution < 1.29 is 27.5 Å². The van der Waals surface area contributed by atoms with E-state index in [2.05, 4.69) is 15.6 Å². The van der Waals surface area contributed by atoms with Crippen molar-refractivity contribution in [3.05, 3.63) is 82.8 Å². The monoisotopic (exact) mass is 514 g/mol. The molecule has 0 aliphatic carbocycles. The van der Waals surface area contributed by atoms with Gasteiger partial charge >= 0.3 is 6.03 Å². The number of amides is 3. The van der Waals surface area contributed by atoms with Crippen molar-refractivity contribution in [1.29, 1.82) is 0 Å². The van der Waals surface area contributed by atoms with Crippen molar-refractivity contribution in [3.63, 3.8) is 0 Å². The van der Waals surface area contributed by atoms with Crippen LogP contribution in [0.1, 0.15) is 12.5 Å². The Kier molecular flexibility index (Phi) is 6.98. The molecule has 0 saturated carbocycles. The summed E-state index contributed by atoms with van der Waals surface area (Å²) in [6.07, 6.45) is 1.54. The average Bonchev–Trinajstić information content (AvgIpc) is 2.85. The highest BCUT2D eigenvalue weighted by Gasteiger charge is 2.23. The number of pyridine rings is 1. The van der Waals surface area contributed by atoms with Crippen LogP contribution in [0.4, 0.5) is 35.0 Å². The lowest BCUT2D eigenvalue weighted by Crippen LogP contribution is -2.21. The SMILES string of the molecule is CC(=O)Nc1cccc2c(Oc3ccc(NC(=O)Nc4c(F)c(C)c(Cl)c(F)c4F)cc3)ccnc12. The molecule has 11 heteroatoms. The second-order valence-corrected chi connectivity index (χ2v) is 8.03. The average molecular weight is 515 g/mol. The van der Waals surface area contributed by atoms with Crippen LogP contribution >= 0.6 is 11.6 Å². The van der Waals surface area contributed by atoms with Gasteiger partial charge in [-0.05, 0) is 49.4 Å². The predicted octanol–water partition coefficient (Wildman–Crippen LogP) is 7.01. The molecule has 0 atom stereocenters. The van der Waals surface area contributed by atoms with Crippen molar-refractivity contribution in [1.82, 2.24) is 4.98 Å². The van der Waals surface area contributed by atoms with Crippen LogP contribution in [0.5, 0.6) is 11.5 Å². The van der Waals surface area contributed by atoms with E-state index in [0.29, 0.717) is 28.1 Å². The molecule has 0 fully saturated rings. The lowest BCUT2D eigenvalue weighted by Gasteiger charge is -2.13. The highest BCUT2D eigenvalue weighted by atomic mass is 35.5. The first-order valence-electron chi connectivity index (χ1n) is 10.5. The highest BCUT2D eigenvalue weighted by molar-refractivity contribution is 6.31. The minimum Gasteiger partial charge on any atom is -0.457 e. The zero-order valence-electron chi connectivity index (χ0n) is 18.9. The fourth-order valence-corrected chi connectivity index (χ4v) is 3.57. The molecule has 0 radical (unpaired) electrons. The Balaban J connectivity index is 1.49. The van der Waals surface area contributed by atoms with Crippen LogP contribution in [0.2, 0.25) is 5.02 Å². The molecule has 0 unspecified atom stereocenters. The molecule has 4 aromatic rings. The van der Waals surface area contributed by atoms with Crippen molar-refractivity contribution in [2.24, 2.45) is 0 Å². The van der Waals surface area contributed by atoms with Gasteiger partial charge in [-0.2, -0.15) is 0 Å². The molecule has 0 saturated heterocycles. The molecule has 0 aliphatic rings. The number of carbonyl (C=O) groups is 2. The Morgan fingerprint density at radius 1 is 0.917 bits per heavy atom. The number of nitrogens with one attached hydrogen (secondary N) is 3. The van der Waals surface area contributed by atoms with E-state index < -0.39 is 34.2 Å². The van der Waals surface area contributed by atoms with Crippen molar-refractivity contribution >= 4 is 51.5 Å². The summed E-state index contributed by atoms with van der Waals surface area (Å²) in [6.45, 7) is 2.56. The minimum atomic E-state index is -1.60. The maximum absolute atomic E-state index is 14.3. The van der Waals surface area contributed by atoms with Gasteiger partial charge in [0, 0.05) is 29.8 Å². The number of carbonyl (C=O) groups excluding carboxylic acids is 2. The molecule has 0 bridgehead atoms. The predicted molar refractivity (Wildman–Crippen MR) is 131 cm³/mol. The van der Waals surface area contributed by atoms with Crippen molar-refractivity contribution in [2.45, 2.75) is 13.8 Å². The van der Waals surface area contributed by atoms with Gasteiger partial charge < -0.3 is 20.7 Å². The number of halogens is 4. The summed E-state index contributed by atoms with van der Waals surface area (Å²) in [5.41, 5.74) is 0.0859. The number of hydrogen-bond donors (Lipinski definition) is 3. The number of ether oxygens (including phenoxy) is 1. The van der Waals surface area contributed by atoms with Crippen LogP contribution in [-0.2, 0) is 4.79 Å². The summed E-state index contributed by atoms with van der Waals surface area (Å²) in [4.78, 5) is 28.0. The molecule has 3 amide bonds. The Morgan fingerprint density at radius 2 is 1.64 bits per heavy atom. The number of anilines is 3. The van der Waals surface area contributed by atoms with E-state index in [1.54, 1.807) is 42.6 Å². The molecule has 1 heterocycles. The minimum absolute atomic E-state index is 0.232. The fourth-order valence-electron chi connectivity index (χ4n) is 3.40. The van der Waals surface area contributed by atoms with Gasteiger partial charge in [0.15, 0.2) is 17.5 Å². The summed E-state index contributed by atoms with van der Waals surface area (Å²) < 4.78 is 48.1. The summed E-state index contributed by atoms with van der Waals surface area (Å²) in [7, 11) is 0. The van der Waals surface area contributed by atoms with Gasteiger partial charge in [-0.1, -0.05) is 17.7 Å². The summed E-state index contributed by atoms with van der Waals surface area (Å²) in [5.74, 6) is -3.57. The van der Waals surface area contributed by atoms with Gasteiger partial charge in [0.25, 0.3) is 0 Å². The molecule has 1 aromatic heterocycles. The van der Waals surface area contributed by atoms with Crippen molar-refractivity contribution in [3.8, 4) is 11.5 Å². The van der Waals surface area contributed by atoms with Gasteiger partial charge in [-0.25, -0.2) is 18.0 Å². The molecule has 0 aliphatic heterocycles. The first kappa shape index (κ1) is 24.8. The second kappa shape index (κ2) is 10.1. The molecular weight excluding hydrogens is 497 g/mol. The van der Waals surface area contributed by atoms with E-state index >= 15 is 0 Å². The number of urea groups is 1. The highest BCUT2D eigenvalue weighted by Crippen LogP contribution is 2.33. The molecule has 184 valence electrons. The topological polar surface area (TPSA) is 92.4 Å². The summed E-state index contributed by atoms with van der Waals surface area (Å²) in [5, 5.41) is 7.05. The quantitative estimate of drug-likeness (QED) is 0.197. The number of para-hydroxylation sites is 1. The van der Waals surface area contributed by atoms with Gasteiger partial charge in [-0.3, -0.25) is 9.78 Å². The van der Waals surface area contributed by atoms with Crippen LogP contribution < -0.4 is 20.7 Å². The molecule has 3 N–H and O–H groups in total. The van der Waals surface area contributed by atoms with Gasteiger partial charge in [0.1, 0.15) is 17.2 Å². The first-order chi connectivity index (χ1) is 17.2. The van der Waals surface area contributed by atoms with Crippen LogP contribution in [0, 0.1) is 24.4 Å². The maximum Gasteiger partial charge on any atom is 0.323 e. The third kappa shape index (κ3) is 5.03. The molecular formula is C25H18ClF3N4O3. The van der Waals surface area contributed by atoms with E-state index in [4.69, 9.17) is 16.3 Å². The number of hydrogen-bond acceptors (Lipinski definition) is 4. The van der Waals surface area contributed by atoms with Crippen LogP contribution in [0.25, 0.3) is 10.9 Å². The largest absolute Gasteiger partial charge is 0.457 e. The second-order valence-electron chi connectivity index (χ2n) is 7.65. The Hall–Kier alpha value is -4.31. The van der Waals surface area contributed by atoms with Crippen LogP contribution in [0.15, 0.2) is 54.7 Å². The Morgan fingerprint density at radius 3 is 2.33 bits per heavy atom. The molecule has 36 heavy (non-hydrogen) atoms. The molecule has 7 nitrogen and oxygen atoms in total. The van der Waals surface area contributed by atoms with Crippen molar-refractivity contribution in [2.75, 3.05) is 16.0 Å². The van der Waals surface area contributed by atoms with E-state index in [-0.39, 0.29) is 17.2 Å². The van der Waals surface area contributed by atoms with Gasteiger partial charge in [-0.15, -0.1) is 0 Å². The summed E-state index contributed by atoms with van der Waals surface area (Å²) in [6, 6.07) is 12.1. The zero-order chi connectivity index (χ0) is 26.0. The summed E-state index contributed by atoms with van der Waals surface area (Å²) >= 11 is 5.54. The number of benzene rings is 3. The molecule has 4 rings (SSSR count). The standard InChI is InChI=1S/C25H18ClF3N4O3/c1-12-19(26)21(28)22(29)24(20(12)27)33-25(35)32-14-6-8-15(9-7-14)36-18-10-11-30-23-16(18)4-3-5-17(23)31-13(2)34/h3-11H,1-2H3,(H,31,34)(H2,32,33,35). The van der Waals surface area contributed by atoms with Crippen LogP contribution in [0.3, 0.4) is 0 Å². The number of aromatic nitrogens is 1. The zero-order valence-corrected chi connectivity index (χ0v) is 19.6.